The van der Waals surface area contributed by atoms with Gasteiger partial charge in [0, 0.05) is 23.4 Å². The molecule has 1 saturated carbocycles. The van der Waals surface area contributed by atoms with Crippen molar-refractivity contribution in [3.63, 3.8) is 0 Å². The van der Waals surface area contributed by atoms with Crippen molar-refractivity contribution in [2.75, 3.05) is 13.7 Å². The second-order valence-corrected chi connectivity index (χ2v) is 6.73. The maximum atomic E-state index is 14.4. The van der Waals surface area contributed by atoms with Crippen LogP contribution >= 0.6 is 0 Å². The molecule has 2 aliphatic rings. The number of nitrogens with zero attached hydrogens (tertiary/aromatic N) is 1. The summed E-state index contributed by atoms with van der Waals surface area (Å²) in [4.78, 5) is 27.5. The Labute approximate surface area is 148 Å². The normalized spacial score (nSPS) is 29.2. The minimum Gasteiger partial charge on any atom is -0.496 e. The Morgan fingerprint density at radius 3 is 2.85 bits per heavy atom. The highest BCUT2D eigenvalue weighted by Crippen LogP contribution is 2.59. The summed E-state index contributed by atoms with van der Waals surface area (Å²) in [6.07, 6.45) is 1.54. The third-order valence-electron chi connectivity index (χ3n) is 5.39. The highest BCUT2D eigenvalue weighted by atomic mass is 19.1. The van der Waals surface area contributed by atoms with Gasteiger partial charge in [0.25, 0.3) is 11.8 Å². The SMILES string of the molecule is COc1cc2c(OCC3NC(=O)C4(F)C(C)[C@H]34)nccc2cc1C(N)=O. The Morgan fingerprint density at radius 1 is 1.46 bits per heavy atom. The number of amides is 2. The van der Waals surface area contributed by atoms with E-state index in [4.69, 9.17) is 15.2 Å². The molecule has 0 bridgehead atoms. The molecule has 26 heavy (non-hydrogen) atoms. The number of aromatic nitrogens is 1. The number of pyridine rings is 1. The molecule has 3 unspecified atom stereocenters. The molecular formula is C18H18FN3O4. The van der Waals surface area contributed by atoms with Crippen LogP contribution in [-0.4, -0.2) is 42.2 Å². The van der Waals surface area contributed by atoms with Gasteiger partial charge in [0.05, 0.1) is 18.7 Å². The van der Waals surface area contributed by atoms with E-state index in [1.54, 1.807) is 31.3 Å². The number of nitrogens with one attached hydrogen (secondary N) is 1. The molecule has 4 rings (SSSR count). The lowest BCUT2D eigenvalue weighted by molar-refractivity contribution is -0.126. The molecular weight excluding hydrogens is 341 g/mol. The highest BCUT2D eigenvalue weighted by molar-refractivity contribution is 6.01. The van der Waals surface area contributed by atoms with Gasteiger partial charge < -0.3 is 20.5 Å². The van der Waals surface area contributed by atoms with Crippen LogP contribution in [0.15, 0.2) is 24.4 Å². The number of fused-ring (bicyclic) bond motifs is 2. The predicted octanol–water partition coefficient (Wildman–Crippen LogP) is 1.19. The molecule has 1 aliphatic heterocycles. The van der Waals surface area contributed by atoms with Crippen molar-refractivity contribution in [1.29, 1.82) is 0 Å². The van der Waals surface area contributed by atoms with Gasteiger partial charge in [-0.05, 0) is 23.6 Å². The molecule has 3 N–H and O–H groups in total. The fraction of sp³-hybridized carbons (Fsp3) is 0.389. The number of carbonyl (C=O) groups excluding carboxylic acids is 2. The molecule has 136 valence electrons. The summed E-state index contributed by atoms with van der Waals surface area (Å²) in [6, 6.07) is 4.56. The number of methoxy groups -OCH3 is 1. The van der Waals surface area contributed by atoms with Crippen LogP contribution in [0.2, 0.25) is 0 Å². The molecule has 2 aromatic rings. The minimum atomic E-state index is -1.76. The largest absolute Gasteiger partial charge is 0.496 e. The van der Waals surface area contributed by atoms with Crippen LogP contribution in [0, 0.1) is 11.8 Å². The molecule has 2 fully saturated rings. The van der Waals surface area contributed by atoms with Crippen LogP contribution < -0.4 is 20.5 Å². The van der Waals surface area contributed by atoms with Crippen molar-refractivity contribution in [1.82, 2.24) is 10.3 Å². The highest BCUT2D eigenvalue weighted by Gasteiger charge is 2.75. The zero-order chi connectivity index (χ0) is 18.6. The standard InChI is InChI=1S/C18H18FN3O4/c1-8-14-12(22-17(24)18(8,14)19)7-26-16-10-6-13(25-2)11(15(20)23)5-9(10)3-4-21-16/h3-6,8,12,14H,7H2,1-2H3,(H2,20,23)(H,22,24)/t8?,12?,14-,18?/m1/s1. The minimum absolute atomic E-state index is 0.110. The average molecular weight is 359 g/mol. The molecule has 8 heteroatoms. The smallest absolute Gasteiger partial charge is 0.258 e. The lowest BCUT2D eigenvalue weighted by Gasteiger charge is -2.16. The Morgan fingerprint density at radius 2 is 2.23 bits per heavy atom. The van der Waals surface area contributed by atoms with E-state index in [1.807, 2.05) is 0 Å². The predicted molar refractivity (Wildman–Crippen MR) is 90.7 cm³/mol. The van der Waals surface area contributed by atoms with Crippen LogP contribution in [-0.2, 0) is 4.79 Å². The number of nitrogens with two attached hydrogens (primary N) is 1. The molecule has 0 radical (unpaired) electrons. The third-order valence-corrected chi connectivity index (χ3v) is 5.39. The van der Waals surface area contributed by atoms with E-state index in [-0.39, 0.29) is 24.0 Å². The molecule has 1 aromatic heterocycles. The first-order chi connectivity index (χ1) is 12.4. The van der Waals surface area contributed by atoms with Crippen molar-refractivity contribution in [2.45, 2.75) is 18.6 Å². The molecule has 0 spiro atoms. The van der Waals surface area contributed by atoms with Gasteiger partial charge in [-0.2, -0.15) is 0 Å². The van der Waals surface area contributed by atoms with Gasteiger partial charge in [0.1, 0.15) is 12.4 Å². The molecule has 2 heterocycles. The van der Waals surface area contributed by atoms with Gasteiger partial charge in [-0.15, -0.1) is 0 Å². The molecule has 4 atom stereocenters. The van der Waals surface area contributed by atoms with Gasteiger partial charge in [-0.1, -0.05) is 6.92 Å². The number of benzene rings is 1. The number of primary amides is 1. The maximum Gasteiger partial charge on any atom is 0.258 e. The van der Waals surface area contributed by atoms with Crippen molar-refractivity contribution in [3.8, 4) is 11.6 Å². The lowest BCUT2D eigenvalue weighted by Crippen LogP contribution is -2.38. The zero-order valence-electron chi connectivity index (χ0n) is 14.3. The monoisotopic (exact) mass is 359 g/mol. The molecule has 1 aliphatic carbocycles. The Hall–Kier alpha value is -2.90. The summed E-state index contributed by atoms with van der Waals surface area (Å²) in [6.45, 7) is 1.83. The van der Waals surface area contributed by atoms with E-state index in [0.717, 1.165) is 0 Å². The van der Waals surface area contributed by atoms with Crippen molar-refractivity contribution >= 4 is 22.6 Å². The fourth-order valence-electron chi connectivity index (χ4n) is 3.89. The van der Waals surface area contributed by atoms with Crippen LogP contribution in [0.4, 0.5) is 4.39 Å². The maximum absolute atomic E-state index is 14.4. The van der Waals surface area contributed by atoms with E-state index >= 15 is 0 Å². The van der Waals surface area contributed by atoms with E-state index in [9.17, 15) is 14.0 Å². The number of piperidine rings is 1. The van der Waals surface area contributed by atoms with Crippen LogP contribution in [0.1, 0.15) is 17.3 Å². The molecule has 7 nitrogen and oxygen atoms in total. The van der Waals surface area contributed by atoms with Crippen LogP contribution in [0.3, 0.4) is 0 Å². The van der Waals surface area contributed by atoms with E-state index in [2.05, 4.69) is 10.3 Å². The fourth-order valence-corrected chi connectivity index (χ4v) is 3.89. The quantitative estimate of drug-likeness (QED) is 0.835. The summed E-state index contributed by atoms with van der Waals surface area (Å²) in [7, 11) is 1.44. The number of hydrogen-bond acceptors (Lipinski definition) is 5. The van der Waals surface area contributed by atoms with Crippen LogP contribution in [0.5, 0.6) is 11.6 Å². The lowest BCUT2D eigenvalue weighted by atomic mass is 10.1. The number of rotatable bonds is 5. The number of alkyl halides is 1. The zero-order valence-corrected chi connectivity index (χ0v) is 14.3. The molecule has 2 amide bonds. The second kappa shape index (κ2) is 5.55. The second-order valence-electron chi connectivity index (χ2n) is 6.73. The summed E-state index contributed by atoms with van der Waals surface area (Å²) >= 11 is 0. The van der Waals surface area contributed by atoms with E-state index in [1.165, 1.54) is 7.11 Å². The Kier molecular flexibility index (Phi) is 3.54. The number of carbonyl (C=O) groups is 2. The Bertz CT molecular complexity index is 934. The molecule has 1 saturated heterocycles. The third kappa shape index (κ3) is 2.21. The number of ether oxygens (including phenoxy) is 2. The van der Waals surface area contributed by atoms with Gasteiger partial charge >= 0.3 is 0 Å². The van der Waals surface area contributed by atoms with Crippen molar-refractivity contribution in [3.05, 3.63) is 30.0 Å². The summed E-state index contributed by atoms with van der Waals surface area (Å²) in [5.74, 6) is -1.21. The summed E-state index contributed by atoms with van der Waals surface area (Å²) in [5.41, 5.74) is 3.87. The van der Waals surface area contributed by atoms with Crippen molar-refractivity contribution in [2.24, 2.45) is 17.6 Å². The van der Waals surface area contributed by atoms with E-state index < -0.39 is 23.5 Å². The van der Waals surface area contributed by atoms with Gasteiger partial charge in [0.2, 0.25) is 5.88 Å². The number of hydrogen-bond donors (Lipinski definition) is 2. The first-order valence-electron chi connectivity index (χ1n) is 8.27. The van der Waals surface area contributed by atoms with Gasteiger partial charge in [0.15, 0.2) is 5.67 Å². The van der Waals surface area contributed by atoms with Crippen molar-refractivity contribution < 1.29 is 23.5 Å². The average Bonchev–Trinajstić information content (AvgIpc) is 3.07. The Balaban J connectivity index is 1.61. The molecule has 1 aromatic carbocycles. The van der Waals surface area contributed by atoms with Gasteiger partial charge in [-0.3, -0.25) is 9.59 Å². The van der Waals surface area contributed by atoms with Gasteiger partial charge in [-0.25, -0.2) is 9.37 Å². The van der Waals surface area contributed by atoms with Crippen LogP contribution in [0.25, 0.3) is 10.8 Å². The summed E-state index contributed by atoms with van der Waals surface area (Å²) in [5, 5.41) is 3.98. The van der Waals surface area contributed by atoms with E-state index in [0.29, 0.717) is 22.4 Å². The number of halogens is 1. The first-order valence-corrected chi connectivity index (χ1v) is 8.27. The topological polar surface area (TPSA) is 104 Å². The first kappa shape index (κ1) is 16.6. The summed E-state index contributed by atoms with van der Waals surface area (Å²) < 4.78 is 25.4.